The Balaban J connectivity index is 1.72. The molecular weight excluding hydrogens is 368 g/mol. The molecular formula is C18H18N4O4S. The van der Waals surface area contributed by atoms with Crippen molar-refractivity contribution in [3.8, 4) is 21.9 Å². The molecule has 0 saturated carbocycles. The van der Waals surface area contributed by atoms with Crippen LogP contribution in [0.1, 0.15) is 5.69 Å². The maximum Gasteiger partial charge on any atom is 0.268 e. The van der Waals surface area contributed by atoms with Crippen molar-refractivity contribution in [3.05, 3.63) is 45.7 Å². The Morgan fingerprint density at radius 1 is 1.30 bits per heavy atom. The summed E-state index contributed by atoms with van der Waals surface area (Å²) in [6.07, 6.45) is 0. The molecule has 0 atom stereocenters. The first-order chi connectivity index (χ1) is 13.1. The number of carbonyl (C=O) groups is 1. The Bertz CT molecular complexity index is 1000. The monoisotopic (exact) mass is 386 g/mol. The van der Waals surface area contributed by atoms with Crippen molar-refractivity contribution in [2.24, 2.45) is 0 Å². The summed E-state index contributed by atoms with van der Waals surface area (Å²) in [6, 6.07) is 7.04. The molecule has 1 aliphatic rings. The lowest BCUT2D eigenvalue weighted by atomic mass is 10.1. The molecule has 8 nitrogen and oxygen atoms in total. The molecule has 1 saturated heterocycles. The quantitative estimate of drug-likeness (QED) is 0.679. The summed E-state index contributed by atoms with van der Waals surface area (Å²) in [5.41, 5.74) is 1.52. The molecule has 3 aromatic heterocycles. The van der Waals surface area contributed by atoms with E-state index in [1.807, 2.05) is 24.4 Å². The lowest BCUT2D eigenvalue weighted by molar-refractivity contribution is -0.136. The van der Waals surface area contributed by atoms with Gasteiger partial charge in [-0.25, -0.2) is 4.68 Å². The van der Waals surface area contributed by atoms with Gasteiger partial charge in [-0.15, -0.1) is 11.3 Å². The Morgan fingerprint density at radius 2 is 2.11 bits per heavy atom. The average molecular weight is 386 g/mol. The SMILES string of the molecule is Cc1cc(-c2cc(=O)n(CC(=O)N3CCOCC3)nc2-c2cccs2)on1. The van der Waals surface area contributed by atoms with Gasteiger partial charge in [0.25, 0.3) is 5.56 Å². The summed E-state index contributed by atoms with van der Waals surface area (Å²) in [4.78, 5) is 27.7. The van der Waals surface area contributed by atoms with Gasteiger partial charge >= 0.3 is 0 Å². The van der Waals surface area contributed by atoms with Crippen molar-refractivity contribution in [1.82, 2.24) is 19.8 Å². The zero-order valence-electron chi connectivity index (χ0n) is 14.8. The van der Waals surface area contributed by atoms with E-state index in [-0.39, 0.29) is 18.0 Å². The van der Waals surface area contributed by atoms with E-state index in [1.165, 1.54) is 22.1 Å². The summed E-state index contributed by atoms with van der Waals surface area (Å²) in [5.74, 6) is 0.334. The number of amides is 1. The minimum Gasteiger partial charge on any atom is -0.378 e. The lowest BCUT2D eigenvalue weighted by Gasteiger charge is -2.26. The van der Waals surface area contributed by atoms with Crippen molar-refractivity contribution < 1.29 is 14.1 Å². The standard InChI is InChI=1S/C18H18N4O4S/c1-12-9-14(26-20-12)13-10-16(23)22(19-18(13)15-3-2-8-27-15)11-17(24)21-4-6-25-7-5-21/h2-3,8-10H,4-7,11H2,1H3. The fourth-order valence-electron chi connectivity index (χ4n) is 2.92. The number of hydrogen-bond acceptors (Lipinski definition) is 7. The molecule has 4 heterocycles. The van der Waals surface area contributed by atoms with Crippen LogP contribution in [0.4, 0.5) is 0 Å². The van der Waals surface area contributed by atoms with Gasteiger partial charge in [-0.1, -0.05) is 11.2 Å². The Morgan fingerprint density at radius 3 is 2.78 bits per heavy atom. The average Bonchev–Trinajstić information content (AvgIpc) is 3.35. The predicted molar refractivity (Wildman–Crippen MR) is 99.4 cm³/mol. The number of rotatable bonds is 4. The van der Waals surface area contributed by atoms with Crippen LogP contribution in [-0.2, 0) is 16.1 Å². The first-order valence-electron chi connectivity index (χ1n) is 8.57. The van der Waals surface area contributed by atoms with Gasteiger partial charge in [-0.05, 0) is 18.4 Å². The van der Waals surface area contributed by atoms with Crippen LogP contribution < -0.4 is 5.56 Å². The van der Waals surface area contributed by atoms with Gasteiger partial charge in [0.15, 0.2) is 5.76 Å². The molecule has 0 radical (unpaired) electrons. The molecule has 0 unspecified atom stereocenters. The van der Waals surface area contributed by atoms with Crippen molar-refractivity contribution in [3.63, 3.8) is 0 Å². The molecule has 27 heavy (non-hydrogen) atoms. The minimum atomic E-state index is -0.360. The van der Waals surface area contributed by atoms with Crippen LogP contribution in [0.2, 0.25) is 0 Å². The highest BCUT2D eigenvalue weighted by Crippen LogP contribution is 2.32. The molecule has 1 fully saturated rings. The Hall–Kier alpha value is -2.78. The minimum absolute atomic E-state index is 0.104. The van der Waals surface area contributed by atoms with Crippen LogP contribution in [-0.4, -0.2) is 52.0 Å². The third-order valence-corrected chi connectivity index (χ3v) is 5.17. The summed E-state index contributed by atoms with van der Waals surface area (Å²) in [5, 5.41) is 10.3. The normalized spacial score (nSPS) is 14.5. The van der Waals surface area contributed by atoms with E-state index >= 15 is 0 Å². The van der Waals surface area contributed by atoms with Crippen LogP contribution in [0.5, 0.6) is 0 Å². The summed E-state index contributed by atoms with van der Waals surface area (Å²) in [7, 11) is 0. The van der Waals surface area contributed by atoms with E-state index in [1.54, 1.807) is 11.0 Å². The third kappa shape index (κ3) is 3.69. The van der Waals surface area contributed by atoms with Crippen LogP contribution in [0, 0.1) is 6.92 Å². The molecule has 3 aromatic rings. The molecule has 0 aromatic carbocycles. The second-order valence-corrected chi connectivity index (χ2v) is 7.15. The lowest BCUT2D eigenvalue weighted by Crippen LogP contribution is -2.43. The molecule has 9 heteroatoms. The first-order valence-corrected chi connectivity index (χ1v) is 9.45. The van der Waals surface area contributed by atoms with Crippen LogP contribution in [0.3, 0.4) is 0 Å². The summed E-state index contributed by atoms with van der Waals surface area (Å²) < 4.78 is 11.8. The van der Waals surface area contributed by atoms with Gasteiger partial charge in [0.05, 0.1) is 29.3 Å². The highest BCUT2D eigenvalue weighted by molar-refractivity contribution is 7.13. The topological polar surface area (TPSA) is 90.5 Å². The molecule has 4 rings (SSSR count). The van der Waals surface area contributed by atoms with E-state index in [9.17, 15) is 9.59 Å². The van der Waals surface area contributed by atoms with E-state index < -0.39 is 0 Å². The Kier molecular flexibility index (Phi) is 4.87. The van der Waals surface area contributed by atoms with Crippen molar-refractivity contribution in [2.75, 3.05) is 26.3 Å². The van der Waals surface area contributed by atoms with E-state index in [4.69, 9.17) is 9.26 Å². The third-order valence-electron chi connectivity index (χ3n) is 4.29. The smallest absolute Gasteiger partial charge is 0.268 e. The molecule has 0 N–H and O–H groups in total. The van der Waals surface area contributed by atoms with Gasteiger partial charge in [0, 0.05) is 25.2 Å². The molecule has 0 aliphatic carbocycles. The van der Waals surface area contributed by atoms with Crippen molar-refractivity contribution in [1.29, 1.82) is 0 Å². The van der Waals surface area contributed by atoms with E-state index in [0.29, 0.717) is 49.0 Å². The maximum atomic E-state index is 12.6. The van der Waals surface area contributed by atoms with Gasteiger partial charge in [-0.2, -0.15) is 5.10 Å². The van der Waals surface area contributed by atoms with Crippen LogP contribution in [0.25, 0.3) is 21.9 Å². The number of nitrogens with zero attached hydrogens (tertiary/aromatic N) is 4. The fraction of sp³-hybridized carbons (Fsp3) is 0.333. The van der Waals surface area contributed by atoms with E-state index in [2.05, 4.69) is 10.3 Å². The highest BCUT2D eigenvalue weighted by Gasteiger charge is 2.21. The zero-order chi connectivity index (χ0) is 18.8. The number of carbonyl (C=O) groups excluding carboxylic acids is 1. The summed E-state index contributed by atoms with van der Waals surface area (Å²) >= 11 is 1.50. The zero-order valence-corrected chi connectivity index (χ0v) is 15.6. The molecule has 140 valence electrons. The second kappa shape index (κ2) is 7.45. The van der Waals surface area contributed by atoms with Crippen molar-refractivity contribution >= 4 is 17.2 Å². The van der Waals surface area contributed by atoms with Gasteiger partial charge in [-0.3, -0.25) is 9.59 Å². The maximum absolute atomic E-state index is 12.6. The number of aromatic nitrogens is 3. The van der Waals surface area contributed by atoms with Crippen LogP contribution >= 0.6 is 11.3 Å². The van der Waals surface area contributed by atoms with Crippen LogP contribution in [0.15, 0.2) is 39.0 Å². The first kappa shape index (κ1) is 17.6. The van der Waals surface area contributed by atoms with E-state index in [0.717, 1.165) is 4.88 Å². The second-order valence-electron chi connectivity index (χ2n) is 6.21. The van der Waals surface area contributed by atoms with Gasteiger partial charge in [0.2, 0.25) is 5.91 Å². The molecule has 0 spiro atoms. The number of aryl methyl sites for hydroxylation is 1. The Labute approximate surface area is 159 Å². The van der Waals surface area contributed by atoms with Gasteiger partial charge < -0.3 is 14.2 Å². The number of morpholine rings is 1. The van der Waals surface area contributed by atoms with Gasteiger partial charge in [0.1, 0.15) is 12.2 Å². The predicted octanol–water partition coefficient (Wildman–Crippen LogP) is 1.79. The molecule has 1 amide bonds. The van der Waals surface area contributed by atoms with Crippen molar-refractivity contribution in [2.45, 2.75) is 13.5 Å². The summed E-state index contributed by atoms with van der Waals surface area (Å²) in [6.45, 7) is 3.79. The molecule has 0 bridgehead atoms. The number of ether oxygens (including phenoxy) is 1. The fourth-order valence-corrected chi connectivity index (χ4v) is 3.64. The number of hydrogen-bond donors (Lipinski definition) is 0. The molecule has 1 aliphatic heterocycles. The number of thiophene rings is 1. The highest BCUT2D eigenvalue weighted by atomic mass is 32.1. The largest absolute Gasteiger partial charge is 0.378 e.